The van der Waals surface area contributed by atoms with Gasteiger partial charge in [-0.1, -0.05) is 54.2 Å². The first-order valence-corrected chi connectivity index (χ1v) is 8.42. The van der Waals surface area contributed by atoms with E-state index >= 15 is 0 Å². The second-order valence-electron chi connectivity index (χ2n) is 5.21. The van der Waals surface area contributed by atoms with E-state index in [9.17, 15) is 4.79 Å². The number of aromatic nitrogens is 3. The molecule has 3 aromatic rings. The van der Waals surface area contributed by atoms with E-state index in [0.29, 0.717) is 5.56 Å². The molecule has 0 amide bonds. The molecular formula is C18H17N3O2S. The zero-order chi connectivity index (χ0) is 16.9. The van der Waals surface area contributed by atoms with E-state index in [1.54, 1.807) is 23.9 Å². The molecule has 0 saturated heterocycles. The Balaban J connectivity index is 1.69. The van der Waals surface area contributed by atoms with Gasteiger partial charge in [0, 0.05) is 18.4 Å². The Hall–Kier alpha value is -2.60. The monoisotopic (exact) mass is 339 g/mol. The number of thioether (sulfide) groups is 1. The van der Waals surface area contributed by atoms with Gasteiger partial charge in [-0.2, -0.15) is 0 Å². The number of carbonyl (C=O) groups excluding carboxylic acids is 1. The standard InChI is InChI=1S/C18H17N3O2S/c1-21-16(14-6-4-3-5-7-14)19-20-18(21)24-12-13-8-10-15(11-9-13)17(22)23-2/h3-11H,12H2,1-2H3. The van der Waals surface area contributed by atoms with Crippen molar-refractivity contribution in [2.75, 3.05) is 7.11 Å². The van der Waals surface area contributed by atoms with Gasteiger partial charge in [0.05, 0.1) is 12.7 Å². The smallest absolute Gasteiger partial charge is 0.337 e. The van der Waals surface area contributed by atoms with E-state index in [0.717, 1.165) is 27.9 Å². The van der Waals surface area contributed by atoms with E-state index in [1.807, 2.05) is 54.1 Å². The van der Waals surface area contributed by atoms with E-state index in [2.05, 4.69) is 10.2 Å². The Morgan fingerprint density at radius 3 is 2.46 bits per heavy atom. The van der Waals surface area contributed by atoms with E-state index in [4.69, 9.17) is 4.74 Å². The van der Waals surface area contributed by atoms with Crippen LogP contribution in [0, 0.1) is 0 Å². The van der Waals surface area contributed by atoms with Crippen molar-refractivity contribution in [1.82, 2.24) is 14.8 Å². The van der Waals surface area contributed by atoms with Crippen molar-refractivity contribution in [2.24, 2.45) is 7.05 Å². The number of rotatable bonds is 5. The van der Waals surface area contributed by atoms with Crippen molar-refractivity contribution >= 4 is 17.7 Å². The van der Waals surface area contributed by atoms with Crippen molar-refractivity contribution in [3.63, 3.8) is 0 Å². The second kappa shape index (κ2) is 7.31. The van der Waals surface area contributed by atoms with Crippen molar-refractivity contribution in [2.45, 2.75) is 10.9 Å². The third-order valence-electron chi connectivity index (χ3n) is 3.61. The average molecular weight is 339 g/mol. The molecule has 0 atom stereocenters. The first-order valence-electron chi connectivity index (χ1n) is 7.44. The van der Waals surface area contributed by atoms with Gasteiger partial charge in [0.25, 0.3) is 0 Å². The van der Waals surface area contributed by atoms with Crippen molar-refractivity contribution in [3.8, 4) is 11.4 Å². The van der Waals surface area contributed by atoms with Gasteiger partial charge in [-0.05, 0) is 17.7 Å². The highest BCUT2D eigenvalue weighted by atomic mass is 32.2. The van der Waals surface area contributed by atoms with Crippen LogP contribution in [0.25, 0.3) is 11.4 Å². The van der Waals surface area contributed by atoms with E-state index < -0.39 is 0 Å². The summed E-state index contributed by atoms with van der Waals surface area (Å²) in [7, 11) is 3.34. The zero-order valence-electron chi connectivity index (χ0n) is 13.5. The third kappa shape index (κ3) is 3.49. The van der Waals surface area contributed by atoms with Gasteiger partial charge in [0.2, 0.25) is 0 Å². The SMILES string of the molecule is COC(=O)c1ccc(CSc2nnc(-c3ccccc3)n2C)cc1. The lowest BCUT2D eigenvalue weighted by Gasteiger charge is -2.05. The van der Waals surface area contributed by atoms with Crippen molar-refractivity contribution in [3.05, 3.63) is 65.7 Å². The lowest BCUT2D eigenvalue weighted by molar-refractivity contribution is 0.0600. The average Bonchev–Trinajstić information content (AvgIpc) is 3.01. The molecule has 0 aliphatic rings. The summed E-state index contributed by atoms with van der Waals surface area (Å²) in [5.74, 6) is 1.27. The number of hydrogen-bond donors (Lipinski definition) is 0. The number of carbonyl (C=O) groups is 1. The van der Waals surface area contributed by atoms with Crippen molar-refractivity contribution < 1.29 is 9.53 Å². The number of ether oxygens (including phenoxy) is 1. The van der Waals surface area contributed by atoms with Crippen LogP contribution in [0.1, 0.15) is 15.9 Å². The largest absolute Gasteiger partial charge is 0.465 e. The lowest BCUT2D eigenvalue weighted by Crippen LogP contribution is -2.00. The fourth-order valence-corrected chi connectivity index (χ4v) is 3.15. The molecule has 1 aromatic heterocycles. The molecule has 0 fully saturated rings. The molecule has 5 nitrogen and oxygen atoms in total. The minimum absolute atomic E-state index is 0.324. The van der Waals surface area contributed by atoms with Crippen LogP contribution in [-0.4, -0.2) is 27.8 Å². The molecule has 0 radical (unpaired) electrons. The van der Waals surface area contributed by atoms with Gasteiger partial charge in [-0.3, -0.25) is 0 Å². The fourth-order valence-electron chi connectivity index (χ4n) is 2.28. The topological polar surface area (TPSA) is 57.0 Å². The summed E-state index contributed by atoms with van der Waals surface area (Å²) in [6.07, 6.45) is 0. The lowest BCUT2D eigenvalue weighted by atomic mass is 10.1. The predicted octanol–water partition coefficient (Wildman–Crippen LogP) is 3.56. The Kier molecular flexibility index (Phi) is 4.96. The number of hydrogen-bond acceptors (Lipinski definition) is 5. The number of benzene rings is 2. The molecule has 3 rings (SSSR count). The molecule has 122 valence electrons. The molecule has 0 saturated carbocycles. The molecule has 2 aromatic carbocycles. The highest BCUT2D eigenvalue weighted by Crippen LogP contribution is 2.25. The van der Waals surface area contributed by atoms with Crippen LogP contribution >= 0.6 is 11.8 Å². The van der Waals surface area contributed by atoms with Gasteiger partial charge < -0.3 is 9.30 Å². The third-order valence-corrected chi connectivity index (χ3v) is 4.70. The van der Waals surface area contributed by atoms with Crippen LogP contribution < -0.4 is 0 Å². The molecule has 1 heterocycles. The maximum atomic E-state index is 11.4. The molecule has 0 spiro atoms. The van der Waals surface area contributed by atoms with E-state index in [1.165, 1.54) is 7.11 Å². The van der Waals surface area contributed by atoms with E-state index in [-0.39, 0.29) is 5.97 Å². The molecular weight excluding hydrogens is 322 g/mol. The summed E-state index contributed by atoms with van der Waals surface area (Å²) in [6.45, 7) is 0. The van der Waals surface area contributed by atoms with Crippen molar-refractivity contribution in [1.29, 1.82) is 0 Å². The van der Waals surface area contributed by atoms with Crippen LogP contribution in [0.4, 0.5) is 0 Å². The Morgan fingerprint density at radius 1 is 1.08 bits per heavy atom. The molecule has 0 unspecified atom stereocenters. The second-order valence-corrected chi connectivity index (χ2v) is 6.15. The van der Waals surface area contributed by atoms with Crippen LogP contribution in [-0.2, 0) is 17.5 Å². The Labute approximate surface area is 144 Å². The predicted molar refractivity (Wildman–Crippen MR) is 93.8 cm³/mol. The first kappa shape index (κ1) is 16.3. The summed E-state index contributed by atoms with van der Waals surface area (Å²) >= 11 is 1.61. The minimum Gasteiger partial charge on any atom is -0.465 e. The molecule has 24 heavy (non-hydrogen) atoms. The minimum atomic E-state index is -0.324. The Bertz CT molecular complexity index is 829. The summed E-state index contributed by atoms with van der Waals surface area (Å²) < 4.78 is 6.69. The van der Waals surface area contributed by atoms with Crippen LogP contribution in [0.2, 0.25) is 0 Å². The van der Waals surface area contributed by atoms with Gasteiger partial charge in [-0.25, -0.2) is 4.79 Å². The normalized spacial score (nSPS) is 10.6. The number of esters is 1. The summed E-state index contributed by atoms with van der Waals surface area (Å²) in [5.41, 5.74) is 2.70. The van der Waals surface area contributed by atoms with Gasteiger partial charge in [-0.15, -0.1) is 10.2 Å². The maximum absolute atomic E-state index is 11.4. The van der Waals surface area contributed by atoms with Gasteiger partial charge in [0.15, 0.2) is 11.0 Å². The van der Waals surface area contributed by atoms with Crippen LogP contribution in [0.15, 0.2) is 59.8 Å². The molecule has 6 heteroatoms. The van der Waals surface area contributed by atoms with Gasteiger partial charge >= 0.3 is 5.97 Å². The molecule has 0 aliphatic heterocycles. The number of methoxy groups -OCH3 is 1. The summed E-state index contributed by atoms with van der Waals surface area (Å²) in [4.78, 5) is 11.4. The number of nitrogens with zero attached hydrogens (tertiary/aromatic N) is 3. The summed E-state index contributed by atoms with van der Waals surface area (Å²) in [5, 5.41) is 9.40. The van der Waals surface area contributed by atoms with Crippen LogP contribution in [0.5, 0.6) is 0 Å². The molecule has 0 bridgehead atoms. The Morgan fingerprint density at radius 2 is 1.79 bits per heavy atom. The van der Waals surface area contributed by atoms with Gasteiger partial charge in [0.1, 0.15) is 0 Å². The molecule has 0 N–H and O–H groups in total. The zero-order valence-corrected chi connectivity index (χ0v) is 14.3. The highest BCUT2D eigenvalue weighted by Gasteiger charge is 2.11. The highest BCUT2D eigenvalue weighted by molar-refractivity contribution is 7.98. The summed E-state index contributed by atoms with van der Waals surface area (Å²) in [6, 6.07) is 17.4. The fraction of sp³-hybridized carbons (Fsp3) is 0.167. The molecule has 0 aliphatic carbocycles. The quantitative estimate of drug-likeness (QED) is 0.525. The maximum Gasteiger partial charge on any atom is 0.337 e. The first-order chi connectivity index (χ1) is 11.7. The van der Waals surface area contributed by atoms with Crippen LogP contribution in [0.3, 0.4) is 0 Å².